The van der Waals surface area contributed by atoms with E-state index >= 15 is 0 Å². The molecule has 1 heterocycles. The Kier molecular flexibility index (Phi) is 6.30. The maximum absolute atomic E-state index is 9.72. The molecular formula is C24H26N2O2S. The molecule has 1 aliphatic carbocycles. The van der Waals surface area contributed by atoms with Gasteiger partial charge >= 0.3 is 0 Å². The summed E-state index contributed by atoms with van der Waals surface area (Å²) >= 11 is 1.65. The third kappa shape index (κ3) is 4.63. The van der Waals surface area contributed by atoms with Gasteiger partial charge in [-0.25, -0.2) is 4.99 Å². The van der Waals surface area contributed by atoms with E-state index in [1.807, 2.05) is 18.2 Å². The molecule has 150 valence electrons. The lowest BCUT2D eigenvalue weighted by Crippen LogP contribution is -2.26. The number of hydrogen-bond acceptors (Lipinski definition) is 5. The molecule has 3 rings (SSSR count). The van der Waals surface area contributed by atoms with E-state index in [9.17, 15) is 5.26 Å². The van der Waals surface area contributed by atoms with Crippen LogP contribution in [0.25, 0.3) is 0 Å². The highest BCUT2D eigenvalue weighted by Gasteiger charge is 2.32. The third-order valence-corrected chi connectivity index (χ3v) is 6.58. The second kappa shape index (κ2) is 8.72. The van der Waals surface area contributed by atoms with E-state index in [4.69, 9.17) is 15.9 Å². The van der Waals surface area contributed by atoms with E-state index in [2.05, 4.69) is 37.8 Å². The summed E-state index contributed by atoms with van der Waals surface area (Å²) in [5.74, 6) is 4.28. The van der Waals surface area contributed by atoms with Crippen molar-refractivity contribution >= 4 is 22.6 Å². The largest absolute Gasteiger partial charge is 0.493 e. The number of thiophene rings is 1. The van der Waals surface area contributed by atoms with Crippen molar-refractivity contribution in [1.82, 2.24) is 0 Å². The predicted octanol–water partition coefficient (Wildman–Crippen LogP) is 5.54. The zero-order chi connectivity index (χ0) is 21.0. The average molecular weight is 407 g/mol. The zero-order valence-corrected chi connectivity index (χ0v) is 18.2. The Labute approximate surface area is 177 Å². The van der Waals surface area contributed by atoms with Crippen LogP contribution in [0.15, 0.2) is 23.2 Å². The molecule has 1 aliphatic rings. The molecule has 29 heavy (non-hydrogen) atoms. The van der Waals surface area contributed by atoms with Gasteiger partial charge < -0.3 is 9.47 Å². The molecule has 0 N–H and O–H groups in total. The highest BCUT2D eigenvalue weighted by Crippen LogP contribution is 2.44. The fourth-order valence-electron chi connectivity index (χ4n) is 3.65. The van der Waals surface area contributed by atoms with Crippen LogP contribution in [0.2, 0.25) is 0 Å². The van der Waals surface area contributed by atoms with Gasteiger partial charge in [0.15, 0.2) is 11.5 Å². The summed E-state index contributed by atoms with van der Waals surface area (Å²) in [4.78, 5) is 5.96. The van der Waals surface area contributed by atoms with Crippen molar-refractivity contribution in [2.75, 3.05) is 13.7 Å². The Hall–Kier alpha value is -2.76. The first kappa shape index (κ1) is 21.0. The number of benzene rings is 1. The van der Waals surface area contributed by atoms with Crippen molar-refractivity contribution in [3.8, 4) is 29.9 Å². The van der Waals surface area contributed by atoms with E-state index in [-0.39, 0.29) is 12.0 Å². The number of nitrogens with zero attached hydrogens (tertiary/aromatic N) is 2. The zero-order valence-electron chi connectivity index (χ0n) is 17.4. The highest BCUT2D eigenvalue weighted by atomic mass is 32.1. The first-order valence-electron chi connectivity index (χ1n) is 9.70. The summed E-state index contributed by atoms with van der Waals surface area (Å²) in [6.45, 7) is 7.08. The molecule has 0 amide bonds. The minimum absolute atomic E-state index is 0.186. The van der Waals surface area contributed by atoms with Crippen molar-refractivity contribution in [2.45, 2.75) is 40.0 Å². The Morgan fingerprint density at radius 1 is 1.34 bits per heavy atom. The quantitative estimate of drug-likeness (QED) is 0.484. The number of fused-ring (bicyclic) bond motifs is 1. The van der Waals surface area contributed by atoms with Gasteiger partial charge in [0, 0.05) is 11.1 Å². The van der Waals surface area contributed by atoms with Crippen molar-refractivity contribution in [2.24, 2.45) is 16.3 Å². The molecule has 0 saturated heterocycles. The maximum atomic E-state index is 9.72. The van der Waals surface area contributed by atoms with Gasteiger partial charge in [-0.2, -0.15) is 5.26 Å². The SMILES string of the molecule is C#CCOc1ccc(C=Nc2sc3c(c2C#N)CC[C@@H](C(C)(C)C)C3)cc1OC. The number of rotatable bonds is 5. The first-order chi connectivity index (χ1) is 13.9. The Morgan fingerprint density at radius 2 is 2.14 bits per heavy atom. The lowest BCUT2D eigenvalue weighted by atomic mass is 9.72. The molecule has 0 aliphatic heterocycles. The molecule has 1 atom stereocenters. The molecule has 0 fully saturated rings. The molecule has 1 aromatic heterocycles. The number of terminal acetylenes is 1. The van der Waals surface area contributed by atoms with Crippen molar-refractivity contribution in [3.05, 3.63) is 39.8 Å². The normalized spacial score (nSPS) is 16.1. The van der Waals surface area contributed by atoms with Gasteiger partial charge in [-0.1, -0.05) is 26.7 Å². The fraction of sp³-hybridized carbons (Fsp3) is 0.417. The maximum Gasteiger partial charge on any atom is 0.162 e. The number of nitriles is 1. The second-order valence-electron chi connectivity index (χ2n) is 8.26. The van der Waals surface area contributed by atoms with Crippen molar-refractivity contribution in [1.29, 1.82) is 5.26 Å². The van der Waals surface area contributed by atoms with Crippen LogP contribution in [0.1, 0.15) is 48.8 Å². The number of aliphatic imine (C=N–C) groups is 1. The highest BCUT2D eigenvalue weighted by molar-refractivity contribution is 7.16. The van der Waals surface area contributed by atoms with E-state index in [0.717, 1.165) is 35.4 Å². The molecule has 4 nitrogen and oxygen atoms in total. The smallest absolute Gasteiger partial charge is 0.162 e. The minimum Gasteiger partial charge on any atom is -0.493 e. The lowest BCUT2D eigenvalue weighted by molar-refractivity contribution is 0.218. The Morgan fingerprint density at radius 3 is 2.79 bits per heavy atom. The molecule has 0 radical (unpaired) electrons. The van der Waals surface area contributed by atoms with Gasteiger partial charge in [-0.05, 0) is 59.9 Å². The van der Waals surface area contributed by atoms with Gasteiger partial charge in [-0.15, -0.1) is 17.8 Å². The molecule has 2 aromatic rings. The van der Waals surface area contributed by atoms with Crippen LogP contribution < -0.4 is 9.47 Å². The van der Waals surface area contributed by atoms with Crippen LogP contribution in [0.5, 0.6) is 11.5 Å². The molecule has 5 heteroatoms. The van der Waals surface area contributed by atoms with Crippen LogP contribution in [0.3, 0.4) is 0 Å². The lowest BCUT2D eigenvalue weighted by Gasteiger charge is -2.33. The third-order valence-electron chi connectivity index (χ3n) is 5.41. The topological polar surface area (TPSA) is 54.6 Å². The van der Waals surface area contributed by atoms with E-state index < -0.39 is 0 Å². The first-order valence-corrected chi connectivity index (χ1v) is 10.5. The van der Waals surface area contributed by atoms with Crippen LogP contribution >= 0.6 is 11.3 Å². The van der Waals surface area contributed by atoms with Crippen molar-refractivity contribution in [3.63, 3.8) is 0 Å². The average Bonchev–Trinajstić information content (AvgIpc) is 3.06. The number of hydrogen-bond donors (Lipinski definition) is 0. The summed E-state index contributed by atoms with van der Waals surface area (Å²) in [6.07, 6.45) is 10.1. The van der Waals surface area contributed by atoms with E-state index in [0.29, 0.717) is 17.4 Å². The van der Waals surface area contributed by atoms with Crippen LogP contribution in [0, 0.1) is 35.0 Å². The molecule has 1 aromatic carbocycles. The second-order valence-corrected chi connectivity index (χ2v) is 9.35. The standard InChI is InChI=1S/C24H26N2O2S/c1-6-11-28-20-10-7-16(12-21(20)27-5)15-26-23-19(14-25)18-9-8-17(24(2,3)4)13-22(18)29-23/h1,7,10,12,15,17H,8-9,11,13H2,2-5H3/t17-/m1/s1. The summed E-state index contributed by atoms with van der Waals surface area (Å²) < 4.78 is 10.9. The summed E-state index contributed by atoms with van der Waals surface area (Å²) in [6, 6.07) is 7.94. The van der Waals surface area contributed by atoms with Crippen molar-refractivity contribution < 1.29 is 9.47 Å². The number of ether oxygens (including phenoxy) is 2. The monoisotopic (exact) mass is 406 g/mol. The number of methoxy groups -OCH3 is 1. The van der Waals surface area contributed by atoms with Crippen LogP contribution in [-0.4, -0.2) is 19.9 Å². The molecule has 0 spiro atoms. The molecule has 0 bridgehead atoms. The molecular weight excluding hydrogens is 380 g/mol. The van der Waals surface area contributed by atoms with Gasteiger partial charge in [0.25, 0.3) is 0 Å². The fourth-order valence-corrected chi connectivity index (χ4v) is 4.87. The molecule has 0 unspecified atom stereocenters. The van der Waals surface area contributed by atoms with Gasteiger partial charge in [0.05, 0.1) is 12.7 Å². The summed E-state index contributed by atoms with van der Waals surface area (Å²) in [7, 11) is 1.59. The van der Waals surface area contributed by atoms with Gasteiger partial charge in [0.2, 0.25) is 0 Å². The Balaban J connectivity index is 1.86. The predicted molar refractivity (Wildman–Crippen MR) is 119 cm³/mol. The van der Waals surface area contributed by atoms with Crippen LogP contribution in [0.4, 0.5) is 5.00 Å². The summed E-state index contributed by atoms with van der Waals surface area (Å²) in [5.41, 5.74) is 3.07. The molecule has 0 saturated carbocycles. The van der Waals surface area contributed by atoms with E-state index in [1.165, 1.54) is 10.4 Å². The Bertz CT molecular complexity index is 1000. The van der Waals surface area contributed by atoms with E-state index in [1.54, 1.807) is 24.7 Å². The summed E-state index contributed by atoms with van der Waals surface area (Å²) in [5, 5.41) is 10.5. The van der Waals surface area contributed by atoms with Crippen LogP contribution in [-0.2, 0) is 12.8 Å². The van der Waals surface area contributed by atoms with Gasteiger partial charge in [0.1, 0.15) is 17.7 Å². The van der Waals surface area contributed by atoms with Gasteiger partial charge in [-0.3, -0.25) is 0 Å². The minimum atomic E-state index is 0.186.